The van der Waals surface area contributed by atoms with E-state index < -0.39 is 0 Å². The fourth-order valence-corrected chi connectivity index (χ4v) is 2.96. The van der Waals surface area contributed by atoms with E-state index >= 15 is 0 Å². The van der Waals surface area contributed by atoms with E-state index in [0.29, 0.717) is 0 Å². The third-order valence-corrected chi connectivity index (χ3v) is 4.19. The maximum Gasteiger partial charge on any atom is 0.105 e. The van der Waals surface area contributed by atoms with E-state index in [2.05, 4.69) is 24.3 Å². The normalized spacial score (nSPS) is 21.0. The topological polar surface area (TPSA) is 9.23 Å². The lowest BCUT2D eigenvalue weighted by molar-refractivity contribution is 0.0521. The Bertz CT molecular complexity index is 659. The molecule has 1 aliphatic heterocycles. The van der Waals surface area contributed by atoms with Crippen molar-refractivity contribution < 1.29 is 4.74 Å². The van der Waals surface area contributed by atoms with Gasteiger partial charge in [-0.1, -0.05) is 78.3 Å². The highest BCUT2D eigenvalue weighted by molar-refractivity contribution is 6.32. The number of hydrogen-bond acceptors (Lipinski definition) is 1. The lowest BCUT2D eigenvalue weighted by Crippen LogP contribution is -2.15. The highest BCUT2D eigenvalue weighted by Crippen LogP contribution is 2.36. The van der Waals surface area contributed by atoms with Gasteiger partial charge in [-0.2, -0.15) is 0 Å². The molecule has 0 saturated carbocycles. The minimum absolute atomic E-state index is 0.0251. The minimum Gasteiger partial charge on any atom is -0.369 e. The van der Waals surface area contributed by atoms with E-state index in [1.165, 1.54) is 11.1 Å². The first-order valence-electron chi connectivity index (χ1n) is 7.63. The molecule has 1 nitrogen and oxygen atoms in total. The van der Waals surface area contributed by atoms with E-state index in [1.54, 1.807) is 0 Å². The van der Waals surface area contributed by atoms with E-state index in [4.69, 9.17) is 16.3 Å². The summed E-state index contributed by atoms with van der Waals surface area (Å²) in [5, 5.41) is 0.789. The van der Waals surface area contributed by atoms with Gasteiger partial charge in [0, 0.05) is 11.6 Å². The maximum atomic E-state index is 6.57. The van der Waals surface area contributed by atoms with Crippen LogP contribution in [0.15, 0.2) is 77.3 Å². The second-order valence-electron chi connectivity index (χ2n) is 5.38. The monoisotopic (exact) mass is 310 g/mol. The summed E-state index contributed by atoms with van der Waals surface area (Å²) in [6, 6.07) is 20.5. The molecule has 1 aliphatic rings. The van der Waals surface area contributed by atoms with E-state index in [0.717, 1.165) is 30.0 Å². The molecule has 0 spiro atoms. The van der Waals surface area contributed by atoms with Gasteiger partial charge in [-0.15, -0.1) is 0 Å². The zero-order chi connectivity index (χ0) is 15.2. The van der Waals surface area contributed by atoms with Crippen LogP contribution in [0.25, 0.3) is 6.08 Å². The molecular weight excluding hydrogens is 292 g/mol. The first-order chi connectivity index (χ1) is 10.8. The van der Waals surface area contributed by atoms with Crippen molar-refractivity contribution in [3.63, 3.8) is 0 Å². The van der Waals surface area contributed by atoms with Crippen LogP contribution in [-0.4, -0.2) is 6.61 Å². The Labute approximate surface area is 136 Å². The van der Waals surface area contributed by atoms with Crippen LogP contribution in [-0.2, 0) is 4.74 Å². The van der Waals surface area contributed by atoms with Gasteiger partial charge in [-0.3, -0.25) is 0 Å². The van der Waals surface area contributed by atoms with Crippen molar-refractivity contribution in [3.05, 3.63) is 88.5 Å². The Balaban J connectivity index is 1.87. The summed E-state index contributed by atoms with van der Waals surface area (Å²) in [6.45, 7) is 0.787. The molecule has 0 N–H and O–H groups in total. The molecule has 0 bridgehead atoms. The Morgan fingerprint density at radius 3 is 2.41 bits per heavy atom. The molecule has 3 rings (SSSR count). The van der Waals surface area contributed by atoms with Gasteiger partial charge < -0.3 is 4.74 Å². The summed E-state index contributed by atoms with van der Waals surface area (Å²) in [7, 11) is 0. The zero-order valence-corrected chi connectivity index (χ0v) is 13.2. The molecule has 22 heavy (non-hydrogen) atoms. The molecule has 0 aromatic heterocycles. The van der Waals surface area contributed by atoms with Gasteiger partial charge in [0.15, 0.2) is 0 Å². The van der Waals surface area contributed by atoms with Crippen molar-refractivity contribution in [2.45, 2.75) is 18.9 Å². The molecule has 0 aliphatic carbocycles. The summed E-state index contributed by atoms with van der Waals surface area (Å²) in [5.74, 6) is 0. The summed E-state index contributed by atoms with van der Waals surface area (Å²) < 4.78 is 5.97. The number of ether oxygens (including phenoxy) is 1. The molecule has 0 radical (unpaired) electrons. The van der Waals surface area contributed by atoms with Crippen molar-refractivity contribution in [1.82, 2.24) is 0 Å². The minimum atomic E-state index is -0.0251. The molecule has 112 valence electrons. The van der Waals surface area contributed by atoms with E-state index in [1.807, 2.05) is 48.6 Å². The van der Waals surface area contributed by atoms with Crippen molar-refractivity contribution in [2.75, 3.05) is 6.61 Å². The Hall–Kier alpha value is -1.83. The lowest BCUT2D eigenvalue weighted by Gasteiger charge is -2.27. The van der Waals surface area contributed by atoms with Crippen LogP contribution in [0.5, 0.6) is 0 Å². The van der Waals surface area contributed by atoms with Gasteiger partial charge in [-0.25, -0.2) is 0 Å². The van der Waals surface area contributed by atoms with Gasteiger partial charge >= 0.3 is 0 Å². The number of allylic oxidation sites excluding steroid dienone is 2. The van der Waals surface area contributed by atoms with Crippen LogP contribution in [0, 0.1) is 0 Å². The number of rotatable bonds is 3. The first kappa shape index (κ1) is 15.1. The predicted octanol–water partition coefficient (Wildman–Crippen LogP) is 5.74. The van der Waals surface area contributed by atoms with Gasteiger partial charge in [0.25, 0.3) is 0 Å². The molecule has 1 unspecified atom stereocenters. The Morgan fingerprint density at radius 1 is 1.00 bits per heavy atom. The standard InChI is InChI=1S/C20H19ClO/c21-19(14-13-16-8-3-1-4-9-16)18-12-7-15-22-20(18)17-10-5-2-6-11-17/h1-6,8-11,13-14,20H,7,12,15H2/b14-13+,19-18+. The lowest BCUT2D eigenvalue weighted by atomic mass is 9.95. The Morgan fingerprint density at radius 2 is 1.68 bits per heavy atom. The van der Waals surface area contributed by atoms with Crippen LogP contribution in [0.4, 0.5) is 0 Å². The maximum absolute atomic E-state index is 6.57. The quantitative estimate of drug-likeness (QED) is 0.702. The van der Waals surface area contributed by atoms with E-state index in [9.17, 15) is 0 Å². The molecular formula is C20H19ClO. The number of halogens is 1. The van der Waals surface area contributed by atoms with Gasteiger partial charge in [-0.05, 0) is 35.6 Å². The van der Waals surface area contributed by atoms with Crippen LogP contribution in [0.1, 0.15) is 30.1 Å². The predicted molar refractivity (Wildman–Crippen MR) is 92.7 cm³/mol. The van der Waals surface area contributed by atoms with Crippen molar-refractivity contribution in [3.8, 4) is 0 Å². The fourth-order valence-electron chi connectivity index (χ4n) is 2.71. The molecule has 1 atom stereocenters. The molecule has 1 saturated heterocycles. The Kier molecular flexibility index (Phi) is 5.10. The highest BCUT2D eigenvalue weighted by Gasteiger charge is 2.23. The summed E-state index contributed by atoms with van der Waals surface area (Å²) in [5.41, 5.74) is 3.49. The summed E-state index contributed by atoms with van der Waals surface area (Å²) in [6.07, 6.45) is 6.01. The van der Waals surface area contributed by atoms with Crippen molar-refractivity contribution >= 4 is 17.7 Å². The molecule has 2 aromatic carbocycles. The zero-order valence-electron chi connectivity index (χ0n) is 12.4. The summed E-state index contributed by atoms with van der Waals surface area (Å²) in [4.78, 5) is 0. The molecule has 1 heterocycles. The van der Waals surface area contributed by atoms with Crippen LogP contribution < -0.4 is 0 Å². The van der Waals surface area contributed by atoms with Crippen LogP contribution in [0.3, 0.4) is 0 Å². The second kappa shape index (κ2) is 7.44. The average molecular weight is 311 g/mol. The molecule has 1 fully saturated rings. The smallest absolute Gasteiger partial charge is 0.105 e. The third-order valence-electron chi connectivity index (χ3n) is 3.82. The SMILES string of the molecule is ClC(/C=C/c1ccccc1)=C1\CCCOC1c1ccccc1. The largest absolute Gasteiger partial charge is 0.369 e. The fraction of sp³-hybridized carbons (Fsp3) is 0.200. The van der Waals surface area contributed by atoms with Crippen LogP contribution in [0.2, 0.25) is 0 Å². The number of hydrogen-bond donors (Lipinski definition) is 0. The summed E-state index contributed by atoms with van der Waals surface area (Å²) >= 11 is 6.57. The van der Waals surface area contributed by atoms with E-state index in [-0.39, 0.29) is 6.10 Å². The van der Waals surface area contributed by atoms with Crippen LogP contribution >= 0.6 is 11.6 Å². The second-order valence-corrected chi connectivity index (χ2v) is 5.79. The van der Waals surface area contributed by atoms with Gasteiger partial charge in [0.05, 0.1) is 0 Å². The average Bonchev–Trinajstić information content (AvgIpc) is 2.61. The van der Waals surface area contributed by atoms with Gasteiger partial charge in [0.1, 0.15) is 6.10 Å². The first-order valence-corrected chi connectivity index (χ1v) is 8.00. The highest BCUT2D eigenvalue weighted by atomic mass is 35.5. The third kappa shape index (κ3) is 3.68. The molecule has 2 heteroatoms. The number of benzene rings is 2. The van der Waals surface area contributed by atoms with Crippen molar-refractivity contribution in [2.24, 2.45) is 0 Å². The van der Waals surface area contributed by atoms with Gasteiger partial charge in [0.2, 0.25) is 0 Å². The molecule has 0 amide bonds. The van der Waals surface area contributed by atoms with Crippen molar-refractivity contribution in [1.29, 1.82) is 0 Å². The molecule has 2 aromatic rings.